The highest BCUT2D eigenvalue weighted by atomic mass is 35.5. The van der Waals surface area contributed by atoms with Crippen molar-refractivity contribution in [1.29, 1.82) is 0 Å². The Hall–Kier alpha value is -1.80. The molecule has 28 heavy (non-hydrogen) atoms. The van der Waals surface area contributed by atoms with Crippen molar-refractivity contribution in [3.63, 3.8) is 0 Å². The normalized spacial score (nSPS) is 10.8. The number of nitrogens with zero attached hydrogens (tertiary/aromatic N) is 3. The molecule has 0 aliphatic carbocycles. The van der Waals surface area contributed by atoms with Gasteiger partial charge in [-0.25, -0.2) is 0 Å². The number of benzene rings is 1. The van der Waals surface area contributed by atoms with Gasteiger partial charge < -0.3 is 5.32 Å². The molecule has 0 atom stereocenters. The zero-order chi connectivity index (χ0) is 20.1. The van der Waals surface area contributed by atoms with E-state index in [1.807, 2.05) is 4.57 Å². The van der Waals surface area contributed by atoms with Crippen LogP contribution in [0.5, 0.6) is 0 Å². The van der Waals surface area contributed by atoms with Crippen LogP contribution in [0.25, 0.3) is 11.4 Å². The van der Waals surface area contributed by atoms with E-state index in [4.69, 9.17) is 23.2 Å². The lowest BCUT2D eigenvalue weighted by Gasteiger charge is -2.08. The molecule has 0 aliphatic rings. The number of carbonyl (C=O) groups excluding carboxylic acids is 1. The molecule has 1 amide bonds. The maximum Gasteiger partial charge on any atom is 0.234 e. The molecule has 3 rings (SSSR count). The van der Waals surface area contributed by atoms with Crippen molar-refractivity contribution in [2.45, 2.75) is 25.0 Å². The fourth-order valence-electron chi connectivity index (χ4n) is 2.49. The van der Waals surface area contributed by atoms with Gasteiger partial charge in [-0.05, 0) is 30.7 Å². The topological polar surface area (TPSA) is 59.8 Å². The quantitative estimate of drug-likeness (QED) is 0.346. The number of aromatic nitrogens is 3. The summed E-state index contributed by atoms with van der Waals surface area (Å²) < 4.78 is 1.96. The molecule has 0 radical (unpaired) electrons. The number of rotatable bonds is 8. The maximum atomic E-state index is 12.3. The fraction of sp³-hybridized carbons (Fsp3) is 0.211. The van der Waals surface area contributed by atoms with Crippen molar-refractivity contribution in [1.82, 2.24) is 14.8 Å². The van der Waals surface area contributed by atoms with E-state index in [0.29, 0.717) is 27.4 Å². The number of thioether (sulfide) groups is 1. The van der Waals surface area contributed by atoms with Gasteiger partial charge in [-0.2, -0.15) is 0 Å². The van der Waals surface area contributed by atoms with Crippen molar-refractivity contribution in [2.75, 3.05) is 11.1 Å². The van der Waals surface area contributed by atoms with Crippen LogP contribution in [0.2, 0.25) is 10.0 Å². The predicted octanol–water partition coefficient (Wildman–Crippen LogP) is 5.79. The minimum absolute atomic E-state index is 0.179. The molecule has 0 aliphatic heterocycles. The molecule has 5 nitrogen and oxygen atoms in total. The lowest BCUT2D eigenvalue weighted by atomic mass is 10.2. The van der Waals surface area contributed by atoms with Crippen LogP contribution in [0.15, 0.2) is 47.5 Å². The van der Waals surface area contributed by atoms with Gasteiger partial charge in [0.2, 0.25) is 5.91 Å². The second-order valence-corrected chi connectivity index (χ2v) is 8.60. The number of halogens is 2. The molecular formula is C19H18Cl2N4OS2. The summed E-state index contributed by atoms with van der Waals surface area (Å²) in [5.74, 6) is 0.769. The van der Waals surface area contributed by atoms with Gasteiger partial charge >= 0.3 is 0 Å². The first-order chi connectivity index (χ1) is 13.5. The van der Waals surface area contributed by atoms with Crippen molar-refractivity contribution >= 4 is 57.9 Å². The molecule has 0 bridgehead atoms. The monoisotopic (exact) mass is 452 g/mol. The molecule has 0 spiro atoms. The van der Waals surface area contributed by atoms with Gasteiger partial charge in [0.15, 0.2) is 11.0 Å². The van der Waals surface area contributed by atoms with E-state index in [1.165, 1.54) is 16.6 Å². The summed E-state index contributed by atoms with van der Waals surface area (Å²) in [7, 11) is 0. The number of carbonyl (C=O) groups is 1. The molecule has 2 heterocycles. The molecule has 0 saturated carbocycles. The summed E-state index contributed by atoms with van der Waals surface area (Å²) in [6, 6.07) is 7.06. The van der Waals surface area contributed by atoms with Gasteiger partial charge in [-0.15, -0.1) is 28.1 Å². The van der Waals surface area contributed by atoms with Crippen LogP contribution in [0.1, 0.15) is 11.8 Å². The van der Waals surface area contributed by atoms with Crippen molar-refractivity contribution < 1.29 is 4.79 Å². The molecule has 0 unspecified atom stereocenters. The van der Waals surface area contributed by atoms with Gasteiger partial charge in [0, 0.05) is 27.4 Å². The zero-order valence-corrected chi connectivity index (χ0v) is 18.3. The summed E-state index contributed by atoms with van der Waals surface area (Å²) >= 11 is 15.0. The summed E-state index contributed by atoms with van der Waals surface area (Å²) in [6.45, 7) is 6.50. The third-order valence-electron chi connectivity index (χ3n) is 3.83. The average Bonchev–Trinajstić information content (AvgIpc) is 3.29. The highest BCUT2D eigenvalue weighted by Crippen LogP contribution is 2.29. The van der Waals surface area contributed by atoms with E-state index in [2.05, 4.69) is 40.5 Å². The van der Waals surface area contributed by atoms with Crippen LogP contribution in [-0.2, 0) is 17.8 Å². The largest absolute Gasteiger partial charge is 0.324 e. The molecular weight excluding hydrogens is 435 g/mol. The molecule has 2 aromatic heterocycles. The Balaban J connectivity index is 1.71. The van der Waals surface area contributed by atoms with Crippen LogP contribution < -0.4 is 5.32 Å². The number of hydrogen-bond donors (Lipinski definition) is 1. The van der Waals surface area contributed by atoms with Crippen LogP contribution in [0.3, 0.4) is 0 Å². The third-order valence-corrected chi connectivity index (χ3v) is 6.42. The van der Waals surface area contributed by atoms with Crippen LogP contribution >= 0.6 is 46.3 Å². The van der Waals surface area contributed by atoms with Gasteiger partial charge in [-0.1, -0.05) is 48.0 Å². The SMILES string of the molecule is C=CCn1c(SCC(=O)Nc2ccc(Cl)cc2Cl)nnc1-c1csc(CC)c1. The molecule has 0 fully saturated rings. The van der Waals surface area contributed by atoms with Crippen LogP contribution in [0.4, 0.5) is 5.69 Å². The second kappa shape index (κ2) is 9.60. The van der Waals surface area contributed by atoms with Crippen LogP contribution in [-0.4, -0.2) is 26.4 Å². The minimum Gasteiger partial charge on any atom is -0.324 e. The highest BCUT2D eigenvalue weighted by molar-refractivity contribution is 7.99. The lowest BCUT2D eigenvalue weighted by Crippen LogP contribution is -2.15. The predicted molar refractivity (Wildman–Crippen MR) is 119 cm³/mol. The van der Waals surface area contributed by atoms with Gasteiger partial charge in [0.1, 0.15) is 0 Å². The number of nitrogens with one attached hydrogen (secondary N) is 1. The zero-order valence-electron chi connectivity index (χ0n) is 15.1. The average molecular weight is 453 g/mol. The number of thiophene rings is 1. The van der Waals surface area contributed by atoms with Crippen molar-refractivity contribution in [2.24, 2.45) is 0 Å². The number of aryl methyl sites for hydroxylation is 1. The maximum absolute atomic E-state index is 12.3. The summed E-state index contributed by atoms with van der Waals surface area (Å²) in [5.41, 5.74) is 1.55. The van der Waals surface area contributed by atoms with E-state index in [1.54, 1.807) is 35.6 Å². The third kappa shape index (κ3) is 4.97. The van der Waals surface area contributed by atoms with E-state index >= 15 is 0 Å². The number of anilines is 1. The number of hydrogen-bond acceptors (Lipinski definition) is 5. The first-order valence-corrected chi connectivity index (χ1v) is 11.1. The van der Waals surface area contributed by atoms with Gasteiger partial charge in [0.25, 0.3) is 0 Å². The molecule has 3 aromatic rings. The Kier molecular flexibility index (Phi) is 7.18. The second-order valence-electron chi connectivity index (χ2n) is 5.82. The van der Waals surface area contributed by atoms with E-state index < -0.39 is 0 Å². The number of allylic oxidation sites excluding steroid dienone is 1. The molecule has 1 N–H and O–H groups in total. The minimum atomic E-state index is -0.187. The Morgan fingerprint density at radius 2 is 2.18 bits per heavy atom. The summed E-state index contributed by atoms with van der Waals surface area (Å²) in [6.07, 6.45) is 2.77. The summed E-state index contributed by atoms with van der Waals surface area (Å²) in [4.78, 5) is 13.6. The number of amides is 1. The smallest absolute Gasteiger partial charge is 0.234 e. The van der Waals surface area contributed by atoms with Gasteiger partial charge in [0.05, 0.1) is 16.5 Å². The van der Waals surface area contributed by atoms with Crippen molar-refractivity contribution in [3.05, 3.63) is 57.2 Å². The van der Waals surface area contributed by atoms with Crippen molar-refractivity contribution in [3.8, 4) is 11.4 Å². The first kappa shape index (κ1) is 20.9. The lowest BCUT2D eigenvalue weighted by molar-refractivity contribution is -0.113. The molecule has 9 heteroatoms. The molecule has 146 valence electrons. The summed E-state index contributed by atoms with van der Waals surface area (Å²) in [5, 5.41) is 15.0. The fourth-order valence-corrected chi connectivity index (χ4v) is 4.51. The van der Waals surface area contributed by atoms with E-state index in [-0.39, 0.29) is 11.7 Å². The Bertz CT molecular complexity index is 1000. The Morgan fingerprint density at radius 1 is 1.36 bits per heavy atom. The Labute approximate surface area is 181 Å². The molecule has 1 aromatic carbocycles. The van der Waals surface area contributed by atoms with Gasteiger partial charge in [-0.3, -0.25) is 9.36 Å². The first-order valence-electron chi connectivity index (χ1n) is 8.51. The van der Waals surface area contributed by atoms with E-state index in [9.17, 15) is 4.79 Å². The standard InChI is InChI=1S/C19H18Cl2N4OS2/c1-3-7-25-18(12-8-14(4-2)27-10-12)23-24-19(25)28-11-17(26)22-16-6-5-13(20)9-15(16)21/h3,5-6,8-10H,1,4,7,11H2,2H3,(H,22,26). The molecule has 0 saturated heterocycles. The highest BCUT2D eigenvalue weighted by Gasteiger charge is 2.16. The Morgan fingerprint density at radius 3 is 2.86 bits per heavy atom. The van der Waals surface area contributed by atoms with Crippen LogP contribution in [0, 0.1) is 0 Å². The van der Waals surface area contributed by atoms with E-state index in [0.717, 1.165) is 17.8 Å².